The number of rotatable bonds is 7. The Balaban J connectivity index is 1.56. The average molecular weight is 433 g/mol. The zero-order valence-electron chi connectivity index (χ0n) is 16.3. The highest BCUT2D eigenvalue weighted by molar-refractivity contribution is 8.02. The van der Waals surface area contributed by atoms with Gasteiger partial charge < -0.3 is 5.32 Å². The van der Waals surface area contributed by atoms with Crippen molar-refractivity contribution < 1.29 is 8.78 Å². The van der Waals surface area contributed by atoms with Crippen LogP contribution >= 0.6 is 11.8 Å². The summed E-state index contributed by atoms with van der Waals surface area (Å²) in [5.74, 6) is 0.354. The van der Waals surface area contributed by atoms with Crippen LogP contribution in [0.1, 0.15) is 5.56 Å². The lowest BCUT2D eigenvalue weighted by atomic mass is 10.1. The van der Waals surface area contributed by atoms with Crippen LogP contribution in [0.4, 0.5) is 14.6 Å². The first-order valence-electron chi connectivity index (χ1n) is 9.30. The zero-order valence-corrected chi connectivity index (χ0v) is 17.1. The molecule has 154 valence electrons. The number of pyridine rings is 1. The van der Waals surface area contributed by atoms with Gasteiger partial charge in [-0.2, -0.15) is 0 Å². The molecular formula is C23H17F2N5S. The van der Waals surface area contributed by atoms with E-state index >= 15 is 0 Å². The fourth-order valence-corrected chi connectivity index (χ4v) is 3.61. The molecule has 0 saturated heterocycles. The number of thioether (sulfide) groups is 1. The van der Waals surface area contributed by atoms with Gasteiger partial charge in [0.25, 0.3) is 0 Å². The third-order valence-electron chi connectivity index (χ3n) is 4.42. The topological polar surface area (TPSA) is 63.1 Å². The van der Waals surface area contributed by atoms with Crippen LogP contribution in [0.25, 0.3) is 28.0 Å². The summed E-state index contributed by atoms with van der Waals surface area (Å²) in [6.07, 6.45) is 3.41. The Labute approximate surface area is 182 Å². The van der Waals surface area contributed by atoms with Crippen LogP contribution in [-0.2, 0) is 0 Å². The number of fused-ring (bicyclic) bond motifs is 1. The first kappa shape index (κ1) is 20.6. The second kappa shape index (κ2) is 9.44. The molecule has 2 heterocycles. The van der Waals surface area contributed by atoms with Crippen LogP contribution in [0.2, 0.25) is 0 Å². The lowest BCUT2D eigenvalue weighted by molar-refractivity contribution is 0.581. The van der Waals surface area contributed by atoms with Crippen molar-refractivity contribution in [3.8, 4) is 11.4 Å². The van der Waals surface area contributed by atoms with Crippen molar-refractivity contribution in [2.24, 2.45) is 4.99 Å². The number of para-hydroxylation sites is 1. The van der Waals surface area contributed by atoms with E-state index in [1.54, 1.807) is 17.8 Å². The predicted octanol–water partition coefficient (Wildman–Crippen LogP) is 5.77. The minimum atomic E-state index is -0.685. The van der Waals surface area contributed by atoms with Crippen LogP contribution < -0.4 is 5.32 Å². The summed E-state index contributed by atoms with van der Waals surface area (Å²) in [7, 11) is 0. The van der Waals surface area contributed by atoms with Gasteiger partial charge in [-0.1, -0.05) is 12.1 Å². The SMILES string of the molecule is C=N/C(=C\SCNc1nc(-c2cccnc2)nc2ccccc12)c1ccc(F)cc1F. The monoisotopic (exact) mass is 433 g/mol. The van der Waals surface area contributed by atoms with Crippen LogP contribution in [0.15, 0.2) is 77.4 Å². The predicted molar refractivity (Wildman–Crippen MR) is 123 cm³/mol. The van der Waals surface area contributed by atoms with Crippen molar-refractivity contribution in [3.05, 3.63) is 89.6 Å². The Bertz CT molecular complexity index is 1260. The molecule has 4 aromatic rings. The fraction of sp³-hybridized carbons (Fsp3) is 0.0435. The molecule has 0 amide bonds. The van der Waals surface area contributed by atoms with Gasteiger partial charge in [0, 0.05) is 35.0 Å². The van der Waals surface area contributed by atoms with E-state index in [1.807, 2.05) is 36.4 Å². The molecule has 31 heavy (non-hydrogen) atoms. The molecule has 2 aromatic carbocycles. The van der Waals surface area contributed by atoms with Crippen LogP contribution in [0.5, 0.6) is 0 Å². The molecule has 0 unspecified atom stereocenters. The molecule has 0 spiro atoms. The molecule has 0 aliphatic carbocycles. The molecule has 0 atom stereocenters. The normalized spacial score (nSPS) is 11.5. The number of aliphatic imine (C=N–C) groups is 1. The fourth-order valence-electron chi connectivity index (χ4n) is 2.95. The summed E-state index contributed by atoms with van der Waals surface area (Å²) in [6.45, 7) is 3.48. The first-order chi connectivity index (χ1) is 15.2. The Kier molecular flexibility index (Phi) is 6.28. The average Bonchev–Trinajstić information content (AvgIpc) is 2.80. The van der Waals surface area contributed by atoms with Crippen molar-refractivity contribution >= 4 is 40.9 Å². The maximum absolute atomic E-state index is 14.0. The number of benzene rings is 2. The van der Waals surface area contributed by atoms with Gasteiger partial charge in [0.05, 0.1) is 17.1 Å². The Hall–Kier alpha value is -3.65. The summed E-state index contributed by atoms with van der Waals surface area (Å²) < 4.78 is 27.2. The second-order valence-electron chi connectivity index (χ2n) is 6.43. The van der Waals surface area contributed by atoms with Crippen LogP contribution in [-0.4, -0.2) is 27.5 Å². The van der Waals surface area contributed by atoms with Crippen molar-refractivity contribution in [1.82, 2.24) is 15.0 Å². The van der Waals surface area contributed by atoms with Gasteiger partial charge in [0.15, 0.2) is 5.82 Å². The summed E-state index contributed by atoms with van der Waals surface area (Å²) in [4.78, 5) is 17.3. The van der Waals surface area contributed by atoms with E-state index in [0.29, 0.717) is 23.2 Å². The molecule has 4 rings (SSSR count). The summed E-state index contributed by atoms with van der Waals surface area (Å²) in [5, 5.41) is 5.83. The Morgan fingerprint density at radius 1 is 1.10 bits per heavy atom. The Morgan fingerprint density at radius 2 is 1.97 bits per heavy atom. The first-order valence-corrected chi connectivity index (χ1v) is 10.4. The number of hydrogen-bond acceptors (Lipinski definition) is 6. The highest BCUT2D eigenvalue weighted by atomic mass is 32.2. The molecule has 0 bridgehead atoms. The minimum Gasteiger partial charge on any atom is -0.360 e. The maximum Gasteiger partial charge on any atom is 0.163 e. The van der Waals surface area contributed by atoms with Gasteiger partial charge in [-0.25, -0.2) is 18.7 Å². The standard InChI is InChI=1S/C23H17F2N5S/c1-26-21(17-9-8-16(24)11-19(17)25)13-31-14-28-23-18-6-2-3-7-20(18)29-22(30-23)15-5-4-10-27-12-15/h2-13H,1,14H2,(H,28,29,30)/b21-13-. The molecule has 0 aliphatic heterocycles. The van der Waals surface area contributed by atoms with E-state index in [1.165, 1.54) is 23.9 Å². The summed E-state index contributed by atoms with van der Waals surface area (Å²) >= 11 is 1.36. The molecule has 0 radical (unpaired) electrons. The quantitative estimate of drug-likeness (QED) is 0.228. The van der Waals surface area contributed by atoms with E-state index in [-0.39, 0.29) is 5.56 Å². The third-order valence-corrected chi connectivity index (χ3v) is 5.12. The molecular weight excluding hydrogens is 416 g/mol. The number of halogens is 2. The second-order valence-corrected chi connectivity index (χ2v) is 7.29. The maximum atomic E-state index is 14.0. The number of hydrogen-bond donors (Lipinski definition) is 1. The van der Waals surface area contributed by atoms with E-state index in [2.05, 4.69) is 32.0 Å². The molecule has 2 aromatic heterocycles. The van der Waals surface area contributed by atoms with Crippen molar-refractivity contribution in [1.29, 1.82) is 0 Å². The summed E-state index contributed by atoms with van der Waals surface area (Å²) in [6, 6.07) is 14.8. The molecule has 0 fully saturated rings. The molecule has 1 N–H and O–H groups in total. The largest absolute Gasteiger partial charge is 0.360 e. The molecule has 8 heteroatoms. The van der Waals surface area contributed by atoms with Gasteiger partial charge in [-0.15, -0.1) is 11.8 Å². The van der Waals surface area contributed by atoms with Crippen LogP contribution in [0, 0.1) is 11.6 Å². The van der Waals surface area contributed by atoms with E-state index < -0.39 is 11.6 Å². The molecule has 0 saturated carbocycles. The number of aromatic nitrogens is 3. The van der Waals surface area contributed by atoms with E-state index in [0.717, 1.165) is 22.5 Å². The van der Waals surface area contributed by atoms with Crippen molar-refractivity contribution in [2.75, 3.05) is 11.2 Å². The van der Waals surface area contributed by atoms with Crippen LogP contribution in [0.3, 0.4) is 0 Å². The Morgan fingerprint density at radius 3 is 2.74 bits per heavy atom. The number of anilines is 1. The van der Waals surface area contributed by atoms with E-state index in [9.17, 15) is 8.78 Å². The van der Waals surface area contributed by atoms with Gasteiger partial charge in [-0.3, -0.25) is 9.98 Å². The number of nitrogens with one attached hydrogen (secondary N) is 1. The van der Waals surface area contributed by atoms with Gasteiger partial charge in [0.1, 0.15) is 17.5 Å². The lowest BCUT2D eigenvalue weighted by Crippen LogP contribution is -2.03. The lowest BCUT2D eigenvalue weighted by Gasteiger charge is -2.10. The van der Waals surface area contributed by atoms with Gasteiger partial charge >= 0.3 is 0 Å². The number of nitrogens with zero attached hydrogens (tertiary/aromatic N) is 4. The van der Waals surface area contributed by atoms with Gasteiger partial charge in [0.2, 0.25) is 0 Å². The smallest absolute Gasteiger partial charge is 0.163 e. The van der Waals surface area contributed by atoms with Gasteiger partial charge in [-0.05, 0) is 48.5 Å². The molecule has 5 nitrogen and oxygen atoms in total. The zero-order chi connectivity index (χ0) is 21.6. The van der Waals surface area contributed by atoms with Crippen molar-refractivity contribution in [2.45, 2.75) is 0 Å². The van der Waals surface area contributed by atoms with Crippen molar-refractivity contribution in [3.63, 3.8) is 0 Å². The highest BCUT2D eigenvalue weighted by Crippen LogP contribution is 2.26. The summed E-state index contributed by atoms with van der Waals surface area (Å²) in [5.41, 5.74) is 2.14. The molecule has 0 aliphatic rings. The highest BCUT2D eigenvalue weighted by Gasteiger charge is 2.10. The van der Waals surface area contributed by atoms with E-state index in [4.69, 9.17) is 0 Å². The minimum absolute atomic E-state index is 0.190. The third kappa shape index (κ3) is 4.75.